The van der Waals surface area contributed by atoms with Crippen molar-refractivity contribution < 1.29 is 14.3 Å². The maximum Gasteiger partial charge on any atom is 0.221 e. The summed E-state index contributed by atoms with van der Waals surface area (Å²) >= 11 is 0. The van der Waals surface area contributed by atoms with E-state index in [2.05, 4.69) is 20.9 Å². The predicted molar refractivity (Wildman–Crippen MR) is 127 cm³/mol. The second kappa shape index (κ2) is 11.5. The third-order valence-electron chi connectivity index (χ3n) is 4.02. The van der Waals surface area contributed by atoms with Gasteiger partial charge in [0.1, 0.15) is 0 Å². The van der Waals surface area contributed by atoms with E-state index in [9.17, 15) is 4.79 Å². The van der Waals surface area contributed by atoms with Gasteiger partial charge in [-0.1, -0.05) is 12.1 Å². The molecule has 0 bridgehead atoms. The zero-order valence-electron chi connectivity index (χ0n) is 16.7. The summed E-state index contributed by atoms with van der Waals surface area (Å²) in [7, 11) is 0. The number of nitrogens with zero attached hydrogens (tertiary/aromatic N) is 1. The van der Waals surface area contributed by atoms with Crippen molar-refractivity contribution in [1.82, 2.24) is 5.32 Å². The predicted octanol–water partition coefficient (Wildman–Crippen LogP) is 4.00. The molecule has 2 aromatic carbocycles. The average Bonchev–Trinajstić information content (AvgIpc) is 2.91. The third kappa shape index (κ3) is 7.12. The van der Waals surface area contributed by atoms with Gasteiger partial charge in [-0.05, 0) is 36.8 Å². The first-order valence-electron chi connectivity index (χ1n) is 9.45. The lowest BCUT2D eigenvalue weighted by molar-refractivity contribution is -0.114. The van der Waals surface area contributed by atoms with Crippen LogP contribution in [-0.2, 0) is 11.3 Å². The van der Waals surface area contributed by atoms with Gasteiger partial charge in [-0.25, -0.2) is 4.99 Å². The van der Waals surface area contributed by atoms with Gasteiger partial charge < -0.3 is 25.4 Å². The molecule has 3 N–H and O–H groups in total. The minimum absolute atomic E-state index is 0. The van der Waals surface area contributed by atoms with Crippen molar-refractivity contribution in [2.24, 2.45) is 4.99 Å². The molecule has 0 spiro atoms. The molecule has 1 aliphatic rings. The summed E-state index contributed by atoms with van der Waals surface area (Å²) in [5, 5.41) is 9.33. The molecule has 3 rings (SSSR count). The Kier molecular flexibility index (Phi) is 9.04. The van der Waals surface area contributed by atoms with Crippen molar-refractivity contribution in [3.05, 3.63) is 48.0 Å². The van der Waals surface area contributed by atoms with E-state index in [1.165, 1.54) is 6.92 Å². The van der Waals surface area contributed by atoms with Crippen LogP contribution in [0.25, 0.3) is 0 Å². The van der Waals surface area contributed by atoms with Gasteiger partial charge >= 0.3 is 0 Å². The molecular weight excluding hydrogens is 483 g/mol. The Bertz CT molecular complexity index is 858. The van der Waals surface area contributed by atoms with E-state index in [1.807, 2.05) is 49.4 Å². The van der Waals surface area contributed by atoms with Gasteiger partial charge in [0.25, 0.3) is 0 Å². The first-order valence-corrected chi connectivity index (χ1v) is 9.45. The molecule has 2 aromatic rings. The number of fused-ring (bicyclic) bond motifs is 1. The summed E-state index contributed by atoms with van der Waals surface area (Å²) in [6.45, 7) is 6.04. The molecule has 0 aromatic heterocycles. The lowest BCUT2D eigenvalue weighted by atomic mass is 10.2. The minimum Gasteiger partial charge on any atom is -0.490 e. The smallest absolute Gasteiger partial charge is 0.221 e. The van der Waals surface area contributed by atoms with Crippen LogP contribution >= 0.6 is 24.0 Å². The Morgan fingerprint density at radius 2 is 1.79 bits per heavy atom. The Morgan fingerprint density at radius 3 is 2.55 bits per heavy atom. The summed E-state index contributed by atoms with van der Waals surface area (Å²) in [5.41, 5.74) is 2.64. The Morgan fingerprint density at radius 1 is 1.03 bits per heavy atom. The van der Waals surface area contributed by atoms with Gasteiger partial charge in [0, 0.05) is 37.3 Å². The number of guanidine groups is 1. The topological polar surface area (TPSA) is 84.0 Å². The molecule has 0 saturated carbocycles. The van der Waals surface area contributed by atoms with Crippen molar-refractivity contribution in [2.45, 2.75) is 26.8 Å². The number of carbonyl (C=O) groups excluding carboxylic acids is 1. The quantitative estimate of drug-likeness (QED) is 0.322. The summed E-state index contributed by atoms with van der Waals surface area (Å²) in [5.74, 6) is 2.08. The summed E-state index contributed by atoms with van der Waals surface area (Å²) in [4.78, 5) is 15.9. The second-order valence-electron chi connectivity index (χ2n) is 6.41. The largest absolute Gasteiger partial charge is 0.490 e. The Balaban J connectivity index is 0.00000300. The number of hydrogen-bond acceptors (Lipinski definition) is 4. The number of rotatable bonds is 5. The lowest BCUT2D eigenvalue weighted by Crippen LogP contribution is -2.30. The van der Waals surface area contributed by atoms with E-state index in [1.54, 1.807) is 0 Å². The highest BCUT2D eigenvalue weighted by molar-refractivity contribution is 14.0. The first-order chi connectivity index (χ1) is 13.6. The number of nitrogens with one attached hydrogen (secondary N) is 3. The van der Waals surface area contributed by atoms with E-state index in [0.717, 1.165) is 41.4 Å². The summed E-state index contributed by atoms with van der Waals surface area (Å²) in [6, 6.07) is 13.4. The number of halogens is 1. The van der Waals surface area contributed by atoms with Crippen LogP contribution < -0.4 is 25.4 Å². The second-order valence-corrected chi connectivity index (χ2v) is 6.41. The van der Waals surface area contributed by atoms with E-state index < -0.39 is 0 Å². The van der Waals surface area contributed by atoms with E-state index in [0.29, 0.717) is 25.7 Å². The van der Waals surface area contributed by atoms with Crippen LogP contribution in [0.2, 0.25) is 0 Å². The maximum atomic E-state index is 11.2. The normalized spacial score (nSPS) is 13.0. The third-order valence-corrected chi connectivity index (χ3v) is 4.02. The zero-order valence-corrected chi connectivity index (χ0v) is 19.0. The van der Waals surface area contributed by atoms with Crippen LogP contribution in [0.1, 0.15) is 25.8 Å². The van der Waals surface area contributed by atoms with Gasteiger partial charge in [-0.2, -0.15) is 0 Å². The Labute approximate surface area is 188 Å². The fourth-order valence-electron chi connectivity index (χ4n) is 2.81. The molecule has 0 unspecified atom stereocenters. The van der Waals surface area contributed by atoms with Crippen molar-refractivity contribution in [1.29, 1.82) is 0 Å². The Hall–Kier alpha value is -2.49. The van der Waals surface area contributed by atoms with Crippen LogP contribution in [0, 0.1) is 0 Å². The van der Waals surface area contributed by atoms with Crippen molar-refractivity contribution >= 4 is 47.2 Å². The number of benzene rings is 2. The maximum absolute atomic E-state index is 11.2. The van der Waals surface area contributed by atoms with Gasteiger partial charge in [-0.3, -0.25) is 4.79 Å². The van der Waals surface area contributed by atoms with Crippen LogP contribution in [0.3, 0.4) is 0 Å². The molecule has 0 aliphatic carbocycles. The SMILES string of the molecule is CCNC(=NCc1cccc(NC(C)=O)c1)Nc1ccc2c(c1)OCCCO2.I. The molecule has 0 saturated heterocycles. The lowest BCUT2D eigenvalue weighted by Gasteiger charge is -2.14. The number of hydrogen-bond donors (Lipinski definition) is 3. The van der Waals surface area contributed by atoms with Crippen molar-refractivity contribution in [3.63, 3.8) is 0 Å². The van der Waals surface area contributed by atoms with Crippen molar-refractivity contribution in [2.75, 3.05) is 30.4 Å². The molecule has 1 heterocycles. The average molecular weight is 510 g/mol. The minimum atomic E-state index is -0.0925. The molecule has 1 amide bonds. The zero-order chi connectivity index (χ0) is 19.8. The van der Waals surface area contributed by atoms with Crippen LogP contribution in [0.4, 0.5) is 11.4 Å². The highest BCUT2D eigenvalue weighted by atomic mass is 127. The number of anilines is 2. The molecule has 0 fully saturated rings. The molecular formula is C21H27IN4O3. The fourth-order valence-corrected chi connectivity index (χ4v) is 2.81. The molecule has 8 heteroatoms. The van der Waals surface area contributed by atoms with Crippen LogP contribution in [-0.4, -0.2) is 31.6 Å². The summed E-state index contributed by atoms with van der Waals surface area (Å²) < 4.78 is 11.4. The summed E-state index contributed by atoms with van der Waals surface area (Å²) in [6.07, 6.45) is 0.874. The van der Waals surface area contributed by atoms with Gasteiger partial charge in [-0.15, -0.1) is 24.0 Å². The fraction of sp³-hybridized carbons (Fsp3) is 0.333. The van der Waals surface area contributed by atoms with Crippen LogP contribution in [0.15, 0.2) is 47.5 Å². The highest BCUT2D eigenvalue weighted by Gasteiger charge is 2.11. The van der Waals surface area contributed by atoms with E-state index in [-0.39, 0.29) is 29.9 Å². The highest BCUT2D eigenvalue weighted by Crippen LogP contribution is 2.32. The van der Waals surface area contributed by atoms with Crippen molar-refractivity contribution in [3.8, 4) is 11.5 Å². The number of amides is 1. The molecule has 7 nitrogen and oxygen atoms in total. The molecule has 0 radical (unpaired) electrons. The van der Waals surface area contributed by atoms with E-state index in [4.69, 9.17) is 9.47 Å². The first kappa shape index (κ1) is 22.8. The number of carbonyl (C=O) groups is 1. The van der Waals surface area contributed by atoms with Gasteiger partial charge in [0.2, 0.25) is 5.91 Å². The van der Waals surface area contributed by atoms with Crippen LogP contribution in [0.5, 0.6) is 11.5 Å². The van der Waals surface area contributed by atoms with Gasteiger partial charge in [0.05, 0.1) is 19.8 Å². The molecule has 156 valence electrons. The van der Waals surface area contributed by atoms with Gasteiger partial charge in [0.15, 0.2) is 17.5 Å². The molecule has 0 atom stereocenters. The number of ether oxygens (including phenoxy) is 2. The number of aliphatic imine (C=N–C) groups is 1. The monoisotopic (exact) mass is 510 g/mol. The molecule has 1 aliphatic heterocycles. The molecule has 29 heavy (non-hydrogen) atoms. The van der Waals surface area contributed by atoms with E-state index >= 15 is 0 Å². The standard InChI is InChI=1S/C21H26N4O3.HI/c1-3-22-21(23-14-16-6-4-7-17(12-16)24-15(2)26)25-18-8-9-19-20(13-18)28-11-5-10-27-19;/h4,6-9,12-13H,3,5,10-11,14H2,1-2H3,(H,24,26)(H2,22,23,25);1H.